The number of fused-ring (bicyclic) bond motifs is 3. The number of anilines is 1. The largest absolute Gasteiger partial charge is 0.508 e. The standard InChI is InChI=1S/C18H19NO2/c20-16-10-4-2-7-13(16)17-14-8-5-11-21-18(14)12-6-1-3-9-15(12)19-17/h1-4,6-7,9-10,14,17-20H,5,8,11H2/t14-,17+,18+/m1/s1. The van der Waals surface area contributed by atoms with E-state index in [2.05, 4.69) is 23.5 Å². The van der Waals surface area contributed by atoms with Gasteiger partial charge in [0, 0.05) is 29.3 Å². The molecule has 0 aromatic heterocycles. The SMILES string of the molecule is Oc1ccccc1[C@@H]1Nc2ccccc2[C@@H]2OCCC[C@H]12. The molecule has 21 heavy (non-hydrogen) atoms. The van der Waals surface area contributed by atoms with Crippen molar-refractivity contribution in [1.82, 2.24) is 0 Å². The van der Waals surface area contributed by atoms with Crippen LogP contribution in [0.2, 0.25) is 0 Å². The summed E-state index contributed by atoms with van der Waals surface area (Å²) < 4.78 is 6.08. The van der Waals surface area contributed by atoms with Gasteiger partial charge in [-0.1, -0.05) is 36.4 Å². The van der Waals surface area contributed by atoms with Crippen molar-refractivity contribution in [3.8, 4) is 5.75 Å². The summed E-state index contributed by atoms with van der Waals surface area (Å²) in [6.45, 7) is 0.822. The van der Waals surface area contributed by atoms with E-state index >= 15 is 0 Å². The molecule has 3 atom stereocenters. The van der Waals surface area contributed by atoms with Gasteiger partial charge in [0.15, 0.2) is 0 Å². The minimum atomic E-state index is 0.103. The van der Waals surface area contributed by atoms with Gasteiger partial charge in [0.1, 0.15) is 5.75 Å². The van der Waals surface area contributed by atoms with E-state index < -0.39 is 0 Å². The highest BCUT2D eigenvalue weighted by Crippen LogP contribution is 2.50. The summed E-state index contributed by atoms with van der Waals surface area (Å²) in [5.74, 6) is 0.723. The fraction of sp³-hybridized carbons (Fsp3) is 0.333. The number of hydrogen-bond acceptors (Lipinski definition) is 3. The molecule has 2 aromatic carbocycles. The van der Waals surface area contributed by atoms with Gasteiger partial charge in [0.2, 0.25) is 0 Å². The van der Waals surface area contributed by atoms with E-state index in [9.17, 15) is 5.11 Å². The monoisotopic (exact) mass is 281 g/mol. The molecule has 1 saturated heterocycles. The molecule has 0 aliphatic carbocycles. The number of nitrogens with one attached hydrogen (secondary N) is 1. The van der Waals surface area contributed by atoms with Gasteiger partial charge in [-0.3, -0.25) is 0 Å². The van der Waals surface area contributed by atoms with Crippen LogP contribution in [0.3, 0.4) is 0 Å². The first-order valence-electron chi connectivity index (χ1n) is 7.59. The summed E-state index contributed by atoms with van der Waals surface area (Å²) in [4.78, 5) is 0. The first-order valence-corrected chi connectivity index (χ1v) is 7.59. The quantitative estimate of drug-likeness (QED) is 0.829. The Bertz CT molecular complexity index is 655. The summed E-state index contributed by atoms with van der Waals surface area (Å²) >= 11 is 0. The fourth-order valence-electron chi connectivity index (χ4n) is 3.68. The number of rotatable bonds is 1. The zero-order valence-electron chi connectivity index (χ0n) is 11.8. The maximum absolute atomic E-state index is 10.2. The van der Waals surface area contributed by atoms with Crippen molar-refractivity contribution in [3.05, 3.63) is 59.7 Å². The highest BCUT2D eigenvalue weighted by Gasteiger charge is 2.40. The Hall–Kier alpha value is -2.00. The number of hydrogen-bond donors (Lipinski definition) is 2. The summed E-state index contributed by atoms with van der Waals surface area (Å²) in [5, 5.41) is 13.8. The van der Waals surface area contributed by atoms with Crippen LogP contribution >= 0.6 is 0 Å². The number of para-hydroxylation sites is 2. The van der Waals surface area contributed by atoms with E-state index in [1.54, 1.807) is 6.07 Å². The maximum atomic E-state index is 10.2. The summed E-state index contributed by atoms with van der Waals surface area (Å²) in [6.07, 6.45) is 2.32. The molecule has 0 bridgehead atoms. The number of phenols is 1. The Balaban J connectivity index is 1.80. The van der Waals surface area contributed by atoms with Crippen molar-refractivity contribution in [1.29, 1.82) is 0 Å². The molecular weight excluding hydrogens is 262 g/mol. The molecule has 0 unspecified atom stereocenters. The second-order valence-electron chi connectivity index (χ2n) is 5.87. The Labute approximate surface area is 124 Å². The van der Waals surface area contributed by atoms with E-state index in [0.29, 0.717) is 11.7 Å². The first-order chi connectivity index (χ1) is 10.3. The van der Waals surface area contributed by atoms with Crippen molar-refractivity contribution in [2.45, 2.75) is 25.0 Å². The van der Waals surface area contributed by atoms with Crippen LogP contribution < -0.4 is 5.32 Å². The zero-order valence-corrected chi connectivity index (χ0v) is 11.8. The predicted octanol–water partition coefficient (Wildman–Crippen LogP) is 4.03. The molecule has 108 valence electrons. The second-order valence-corrected chi connectivity index (χ2v) is 5.87. The third-order valence-electron chi connectivity index (χ3n) is 4.65. The summed E-state index contributed by atoms with van der Waals surface area (Å²) in [6, 6.07) is 16.1. The van der Waals surface area contributed by atoms with Crippen LogP contribution in [-0.4, -0.2) is 11.7 Å². The van der Waals surface area contributed by atoms with Gasteiger partial charge in [-0.25, -0.2) is 0 Å². The average Bonchev–Trinajstić information content (AvgIpc) is 2.55. The van der Waals surface area contributed by atoms with Crippen LogP contribution in [0.5, 0.6) is 5.75 Å². The normalized spacial score (nSPS) is 27.3. The highest BCUT2D eigenvalue weighted by atomic mass is 16.5. The van der Waals surface area contributed by atoms with Gasteiger partial charge < -0.3 is 15.2 Å². The molecule has 0 saturated carbocycles. The Kier molecular flexibility index (Phi) is 3.08. The van der Waals surface area contributed by atoms with Crippen molar-refractivity contribution < 1.29 is 9.84 Å². The van der Waals surface area contributed by atoms with Crippen molar-refractivity contribution in [2.75, 3.05) is 11.9 Å². The molecule has 2 aliphatic heterocycles. The molecule has 3 heteroatoms. The summed E-state index contributed by atoms with van der Waals surface area (Å²) in [5.41, 5.74) is 3.33. The lowest BCUT2D eigenvalue weighted by Gasteiger charge is -2.43. The zero-order chi connectivity index (χ0) is 14.2. The van der Waals surface area contributed by atoms with Gasteiger partial charge in [-0.2, -0.15) is 0 Å². The lowest BCUT2D eigenvalue weighted by Crippen LogP contribution is -2.35. The second kappa shape index (κ2) is 5.08. The Morgan fingerprint density at radius 1 is 1.00 bits per heavy atom. The Morgan fingerprint density at radius 2 is 1.76 bits per heavy atom. The van der Waals surface area contributed by atoms with Gasteiger partial charge in [0.05, 0.1) is 12.1 Å². The van der Waals surface area contributed by atoms with Crippen molar-refractivity contribution >= 4 is 5.69 Å². The minimum Gasteiger partial charge on any atom is -0.508 e. The third-order valence-corrected chi connectivity index (χ3v) is 4.65. The topological polar surface area (TPSA) is 41.5 Å². The molecule has 0 radical (unpaired) electrons. The molecule has 2 aromatic rings. The van der Waals surface area contributed by atoms with Gasteiger partial charge in [-0.15, -0.1) is 0 Å². The van der Waals surface area contributed by atoms with Crippen LogP contribution in [0.25, 0.3) is 0 Å². The number of ether oxygens (including phenoxy) is 1. The van der Waals surface area contributed by atoms with Crippen LogP contribution in [0.1, 0.15) is 36.1 Å². The van der Waals surface area contributed by atoms with E-state index in [1.807, 2.05) is 24.3 Å². The van der Waals surface area contributed by atoms with Gasteiger partial charge >= 0.3 is 0 Å². The minimum absolute atomic E-state index is 0.103. The van der Waals surface area contributed by atoms with Gasteiger partial charge in [0.25, 0.3) is 0 Å². The van der Waals surface area contributed by atoms with E-state index in [1.165, 1.54) is 5.56 Å². The molecule has 0 spiro atoms. The highest BCUT2D eigenvalue weighted by molar-refractivity contribution is 5.58. The Morgan fingerprint density at radius 3 is 2.62 bits per heavy atom. The molecule has 1 fully saturated rings. The molecule has 3 nitrogen and oxygen atoms in total. The average molecular weight is 281 g/mol. The lowest BCUT2D eigenvalue weighted by atomic mass is 9.77. The van der Waals surface area contributed by atoms with Crippen LogP contribution in [-0.2, 0) is 4.74 Å². The van der Waals surface area contributed by atoms with E-state index in [-0.39, 0.29) is 12.1 Å². The first kappa shape index (κ1) is 12.7. The predicted molar refractivity (Wildman–Crippen MR) is 82.3 cm³/mol. The number of aromatic hydroxyl groups is 1. The molecule has 0 amide bonds. The maximum Gasteiger partial charge on any atom is 0.120 e. The van der Waals surface area contributed by atoms with Crippen molar-refractivity contribution in [2.24, 2.45) is 5.92 Å². The lowest BCUT2D eigenvalue weighted by molar-refractivity contribution is -0.0383. The number of benzene rings is 2. The molecule has 2 heterocycles. The van der Waals surface area contributed by atoms with Crippen LogP contribution in [0, 0.1) is 5.92 Å². The molecule has 2 N–H and O–H groups in total. The fourth-order valence-corrected chi connectivity index (χ4v) is 3.68. The van der Waals surface area contributed by atoms with Crippen molar-refractivity contribution in [3.63, 3.8) is 0 Å². The molecule has 2 aliphatic rings. The number of phenolic OH excluding ortho intramolecular Hbond substituents is 1. The van der Waals surface area contributed by atoms with Gasteiger partial charge in [-0.05, 0) is 25.0 Å². The molecule has 4 rings (SSSR count). The third kappa shape index (κ3) is 2.09. The smallest absolute Gasteiger partial charge is 0.120 e. The van der Waals surface area contributed by atoms with E-state index in [4.69, 9.17) is 4.74 Å². The molecular formula is C18H19NO2. The summed E-state index contributed by atoms with van der Waals surface area (Å²) in [7, 11) is 0. The van der Waals surface area contributed by atoms with E-state index in [0.717, 1.165) is 30.7 Å². The van der Waals surface area contributed by atoms with Crippen LogP contribution in [0.4, 0.5) is 5.69 Å². The van der Waals surface area contributed by atoms with Crippen LogP contribution in [0.15, 0.2) is 48.5 Å².